The highest BCUT2D eigenvalue weighted by Gasteiger charge is 2.19. The van der Waals surface area contributed by atoms with E-state index in [1.807, 2.05) is 13.8 Å². The van der Waals surface area contributed by atoms with Crippen molar-refractivity contribution >= 4 is 5.91 Å². The number of hydrogen-bond donors (Lipinski definition) is 2. The highest BCUT2D eigenvalue weighted by molar-refractivity contribution is 5.78. The molecule has 1 amide bonds. The van der Waals surface area contributed by atoms with Crippen LogP contribution in [-0.4, -0.2) is 48.2 Å². The van der Waals surface area contributed by atoms with Gasteiger partial charge in [0.15, 0.2) is 0 Å². The third-order valence-electron chi connectivity index (χ3n) is 3.77. The number of amides is 1. The molecule has 0 radical (unpaired) electrons. The highest BCUT2D eigenvalue weighted by atomic mass is 16.3. The number of likely N-dealkylation sites (tertiary alicyclic amines) is 1. The van der Waals surface area contributed by atoms with Crippen LogP contribution < -0.4 is 5.32 Å². The Kier molecular flexibility index (Phi) is 5.92. The predicted molar refractivity (Wildman–Crippen MR) is 68.7 cm³/mol. The van der Waals surface area contributed by atoms with Crippen molar-refractivity contribution in [3.8, 4) is 0 Å². The van der Waals surface area contributed by atoms with Gasteiger partial charge < -0.3 is 10.4 Å². The summed E-state index contributed by atoms with van der Waals surface area (Å²) in [6, 6.07) is 0.0382. The molecule has 1 heterocycles. The second kappa shape index (κ2) is 6.97. The van der Waals surface area contributed by atoms with Gasteiger partial charge in [0.1, 0.15) is 0 Å². The summed E-state index contributed by atoms with van der Waals surface area (Å²) >= 11 is 0. The van der Waals surface area contributed by atoms with Crippen LogP contribution in [0.4, 0.5) is 0 Å². The number of nitrogens with one attached hydrogen (secondary N) is 1. The number of aliphatic hydroxyl groups is 1. The molecule has 0 aliphatic carbocycles. The van der Waals surface area contributed by atoms with Gasteiger partial charge in [-0.2, -0.15) is 0 Å². The molecule has 0 saturated carbocycles. The lowest BCUT2D eigenvalue weighted by Crippen LogP contribution is -2.45. The smallest absolute Gasteiger partial charge is 0.234 e. The lowest BCUT2D eigenvalue weighted by atomic mass is 9.99. The maximum atomic E-state index is 11.8. The molecule has 1 aliphatic rings. The molecule has 0 aromatic carbocycles. The Morgan fingerprint density at radius 2 is 2.00 bits per heavy atom. The topological polar surface area (TPSA) is 52.6 Å². The number of aliphatic hydroxyl groups excluding tert-OH is 1. The summed E-state index contributed by atoms with van der Waals surface area (Å²) in [6.45, 7) is 8.81. The van der Waals surface area contributed by atoms with Gasteiger partial charge in [-0.3, -0.25) is 9.69 Å². The van der Waals surface area contributed by atoms with E-state index < -0.39 is 0 Å². The Balaban J connectivity index is 2.25. The van der Waals surface area contributed by atoms with Gasteiger partial charge in [-0.05, 0) is 44.7 Å². The van der Waals surface area contributed by atoms with Gasteiger partial charge in [0.2, 0.25) is 5.91 Å². The van der Waals surface area contributed by atoms with Crippen LogP contribution in [0.2, 0.25) is 0 Å². The first-order valence-corrected chi connectivity index (χ1v) is 6.65. The van der Waals surface area contributed by atoms with Crippen LogP contribution in [0, 0.1) is 11.8 Å². The molecule has 2 unspecified atom stereocenters. The lowest BCUT2D eigenvalue weighted by molar-refractivity contribution is -0.123. The Hall–Kier alpha value is -0.610. The van der Waals surface area contributed by atoms with Crippen LogP contribution in [0.15, 0.2) is 0 Å². The summed E-state index contributed by atoms with van der Waals surface area (Å²) < 4.78 is 0. The predicted octanol–water partition coefficient (Wildman–Crippen LogP) is 0.851. The minimum absolute atomic E-state index is 0.0382. The first-order chi connectivity index (χ1) is 8.02. The molecule has 100 valence electrons. The van der Waals surface area contributed by atoms with Gasteiger partial charge in [-0.1, -0.05) is 13.8 Å². The van der Waals surface area contributed by atoms with Crippen LogP contribution in [-0.2, 0) is 4.79 Å². The van der Waals surface area contributed by atoms with Crippen LogP contribution in [0.5, 0.6) is 0 Å². The molecule has 0 aromatic heterocycles. The van der Waals surface area contributed by atoms with Crippen LogP contribution >= 0.6 is 0 Å². The number of carbonyl (C=O) groups excluding carboxylic acids is 1. The van der Waals surface area contributed by atoms with Gasteiger partial charge >= 0.3 is 0 Å². The Labute approximate surface area is 104 Å². The van der Waals surface area contributed by atoms with Crippen LogP contribution in [0.1, 0.15) is 33.6 Å². The molecule has 0 bridgehead atoms. The van der Waals surface area contributed by atoms with Gasteiger partial charge in [-0.15, -0.1) is 0 Å². The third kappa shape index (κ3) is 5.04. The minimum atomic E-state index is 0.0382. The number of rotatable bonds is 5. The molecule has 1 saturated heterocycles. The van der Waals surface area contributed by atoms with Crippen LogP contribution in [0.3, 0.4) is 0 Å². The fourth-order valence-corrected chi connectivity index (χ4v) is 2.02. The number of hydrogen-bond acceptors (Lipinski definition) is 3. The molecule has 2 atom stereocenters. The van der Waals surface area contributed by atoms with E-state index in [9.17, 15) is 4.79 Å². The average Bonchev–Trinajstić information content (AvgIpc) is 2.30. The summed E-state index contributed by atoms with van der Waals surface area (Å²) in [6.07, 6.45) is 2.38. The lowest BCUT2D eigenvalue weighted by Gasteiger charge is -2.30. The molecule has 4 nitrogen and oxygen atoms in total. The van der Waals surface area contributed by atoms with Crippen molar-refractivity contribution in [1.29, 1.82) is 0 Å². The molecule has 1 fully saturated rings. The molecule has 1 aliphatic heterocycles. The van der Waals surface area contributed by atoms with Crippen molar-refractivity contribution in [1.82, 2.24) is 10.2 Å². The number of piperidine rings is 1. The van der Waals surface area contributed by atoms with Gasteiger partial charge in [-0.25, -0.2) is 0 Å². The molecule has 0 aromatic rings. The maximum absolute atomic E-state index is 11.8. The molecule has 1 rings (SSSR count). The normalized spacial score (nSPS) is 22.1. The van der Waals surface area contributed by atoms with Crippen molar-refractivity contribution < 1.29 is 9.90 Å². The van der Waals surface area contributed by atoms with Gasteiger partial charge in [0, 0.05) is 12.6 Å². The fraction of sp³-hybridized carbons (Fsp3) is 0.923. The van der Waals surface area contributed by atoms with Crippen molar-refractivity contribution in [2.75, 3.05) is 26.2 Å². The fourth-order valence-electron chi connectivity index (χ4n) is 2.02. The molecular weight excluding hydrogens is 216 g/mol. The van der Waals surface area contributed by atoms with Gasteiger partial charge in [0.25, 0.3) is 0 Å². The van der Waals surface area contributed by atoms with E-state index in [2.05, 4.69) is 17.1 Å². The highest BCUT2D eigenvalue weighted by Crippen LogP contribution is 2.15. The molecular formula is C13H26N2O2. The monoisotopic (exact) mass is 242 g/mol. The van der Waals surface area contributed by atoms with E-state index >= 15 is 0 Å². The van der Waals surface area contributed by atoms with Crippen LogP contribution in [0.25, 0.3) is 0 Å². The average molecular weight is 242 g/mol. The van der Waals surface area contributed by atoms with E-state index in [-0.39, 0.29) is 24.5 Å². The zero-order valence-corrected chi connectivity index (χ0v) is 11.3. The van der Waals surface area contributed by atoms with Gasteiger partial charge in [0.05, 0.1) is 6.54 Å². The zero-order valence-electron chi connectivity index (χ0n) is 11.3. The first-order valence-electron chi connectivity index (χ1n) is 6.65. The second-order valence-electron chi connectivity index (χ2n) is 5.47. The SMILES string of the molecule is CC1CCN(CC(=O)NC(C)C(C)CO)CC1. The van der Waals surface area contributed by atoms with Crippen molar-refractivity contribution in [2.45, 2.75) is 39.7 Å². The third-order valence-corrected chi connectivity index (χ3v) is 3.77. The van der Waals surface area contributed by atoms with E-state index in [4.69, 9.17) is 5.11 Å². The molecule has 17 heavy (non-hydrogen) atoms. The van der Waals surface area contributed by atoms with E-state index in [1.54, 1.807) is 0 Å². The summed E-state index contributed by atoms with van der Waals surface area (Å²) in [5, 5.41) is 12.0. The maximum Gasteiger partial charge on any atom is 0.234 e. The Morgan fingerprint density at radius 1 is 1.41 bits per heavy atom. The Bertz CT molecular complexity index is 238. The summed E-state index contributed by atoms with van der Waals surface area (Å²) in [7, 11) is 0. The first kappa shape index (κ1) is 14.5. The Morgan fingerprint density at radius 3 is 2.53 bits per heavy atom. The zero-order chi connectivity index (χ0) is 12.8. The minimum Gasteiger partial charge on any atom is -0.396 e. The summed E-state index contributed by atoms with van der Waals surface area (Å²) in [4.78, 5) is 14.0. The second-order valence-corrected chi connectivity index (χ2v) is 5.47. The number of carbonyl (C=O) groups is 1. The van der Waals surface area contributed by atoms with E-state index in [0.717, 1.165) is 19.0 Å². The number of nitrogens with zero attached hydrogens (tertiary/aromatic N) is 1. The standard InChI is InChI=1S/C13H26N2O2/c1-10-4-6-15(7-5-10)8-13(17)14-12(3)11(2)9-16/h10-12,16H,4-9H2,1-3H3,(H,14,17). The van der Waals surface area contributed by atoms with E-state index in [0.29, 0.717) is 6.54 Å². The van der Waals surface area contributed by atoms with E-state index in [1.165, 1.54) is 12.8 Å². The van der Waals surface area contributed by atoms with Crippen molar-refractivity contribution in [3.05, 3.63) is 0 Å². The molecule has 0 spiro atoms. The molecule has 2 N–H and O–H groups in total. The largest absolute Gasteiger partial charge is 0.396 e. The summed E-state index contributed by atoms with van der Waals surface area (Å²) in [5.41, 5.74) is 0. The summed E-state index contributed by atoms with van der Waals surface area (Å²) in [5.74, 6) is 0.982. The quantitative estimate of drug-likeness (QED) is 0.751. The van der Waals surface area contributed by atoms with Crippen molar-refractivity contribution in [2.24, 2.45) is 11.8 Å². The van der Waals surface area contributed by atoms with Crippen molar-refractivity contribution in [3.63, 3.8) is 0 Å². The molecule has 4 heteroatoms.